The summed E-state index contributed by atoms with van der Waals surface area (Å²) in [5, 5.41) is 6.51. The third-order valence-electron chi connectivity index (χ3n) is 10.1. The molecule has 1 atom stereocenters. The van der Waals surface area contributed by atoms with Crippen LogP contribution >= 0.6 is 0 Å². The first kappa shape index (κ1) is 38.1. The summed E-state index contributed by atoms with van der Waals surface area (Å²) in [6, 6.07) is 33.0. The number of rotatable bonds is 15. The van der Waals surface area contributed by atoms with Crippen LogP contribution in [-0.4, -0.2) is 42.6 Å². The molecule has 0 saturated heterocycles. The smallest absolute Gasteiger partial charge is 0.268 e. The van der Waals surface area contributed by atoms with Gasteiger partial charge in [0.1, 0.15) is 5.70 Å². The van der Waals surface area contributed by atoms with Crippen molar-refractivity contribution in [1.29, 1.82) is 0 Å². The number of hydrogen-bond donors (Lipinski definition) is 2. The van der Waals surface area contributed by atoms with Gasteiger partial charge >= 0.3 is 0 Å². The summed E-state index contributed by atoms with van der Waals surface area (Å²) >= 11 is 0. The lowest BCUT2D eigenvalue weighted by atomic mass is 9.85. The summed E-state index contributed by atoms with van der Waals surface area (Å²) in [6.45, 7) is 12.4. The second-order valence-corrected chi connectivity index (χ2v) is 13.8. The number of aliphatic imine (C=N–C) groups is 1. The van der Waals surface area contributed by atoms with Gasteiger partial charge in [-0.2, -0.15) is 0 Å². The molecule has 272 valence electrons. The van der Waals surface area contributed by atoms with Gasteiger partial charge in [0.2, 0.25) is 5.91 Å². The van der Waals surface area contributed by atoms with Crippen LogP contribution in [0.2, 0.25) is 0 Å². The van der Waals surface area contributed by atoms with E-state index in [1.54, 1.807) is 11.9 Å². The number of amides is 2. The van der Waals surface area contributed by atoms with Crippen LogP contribution in [0.4, 0.5) is 17.1 Å². The summed E-state index contributed by atoms with van der Waals surface area (Å²) in [4.78, 5) is 35.9. The summed E-state index contributed by atoms with van der Waals surface area (Å²) in [5.41, 5.74) is 11.6. The Bertz CT molecular complexity index is 1880. The van der Waals surface area contributed by atoms with Gasteiger partial charge in [0.15, 0.2) is 0 Å². The van der Waals surface area contributed by atoms with Crippen LogP contribution < -0.4 is 15.5 Å². The standard InChI is InChI=1S/C45H55N5O2/c1-7-32(4)44(50(31-34-17-11-10-12-18-34)41-20-14-13-16-33(41)5)45(52)47-29-42(51)49(6)30-35-21-23-38(24-22-35)48-39-25-26-40(37(9-3)28-39)43-36(8-2)19-15-27-46-43/h10-14,16-18,20-26,28,36,48H,7-9,15,19,27,29-31H2,1-6H3,(H,47,52). The highest BCUT2D eigenvalue weighted by atomic mass is 16.2. The minimum atomic E-state index is -0.258. The van der Waals surface area contributed by atoms with E-state index < -0.39 is 0 Å². The average Bonchev–Trinajstić information content (AvgIpc) is 3.17. The minimum absolute atomic E-state index is 0.0937. The van der Waals surface area contributed by atoms with E-state index in [2.05, 4.69) is 72.7 Å². The van der Waals surface area contributed by atoms with Crippen molar-refractivity contribution in [3.05, 3.63) is 136 Å². The molecule has 7 nitrogen and oxygen atoms in total. The summed E-state index contributed by atoms with van der Waals surface area (Å²) in [6.07, 6.45) is 5.19. The number of anilines is 3. The molecule has 5 rings (SSSR count). The number of nitrogens with one attached hydrogen (secondary N) is 2. The molecule has 4 aromatic rings. The number of para-hydroxylation sites is 1. The number of likely N-dealkylation sites (N-methyl/N-ethyl adjacent to an activating group) is 1. The SMILES string of the molecule is CCC(C)=C(C(=O)NCC(=O)N(C)Cc1ccc(Nc2ccc(C3=NCCCC3CC)c(CC)c2)cc1)N(Cc1ccccc1)c1ccccc1C. The van der Waals surface area contributed by atoms with Gasteiger partial charge in [0.25, 0.3) is 5.91 Å². The second-order valence-electron chi connectivity index (χ2n) is 13.8. The molecule has 0 bridgehead atoms. The first-order chi connectivity index (χ1) is 25.2. The van der Waals surface area contributed by atoms with Crippen LogP contribution in [0.1, 0.15) is 81.2 Å². The molecule has 0 saturated carbocycles. The Morgan fingerprint density at radius 1 is 0.846 bits per heavy atom. The molecular formula is C45H55N5O2. The van der Waals surface area contributed by atoms with Crippen LogP contribution in [0, 0.1) is 12.8 Å². The first-order valence-electron chi connectivity index (χ1n) is 18.8. The van der Waals surface area contributed by atoms with E-state index >= 15 is 0 Å². The third-order valence-corrected chi connectivity index (χ3v) is 10.1. The lowest BCUT2D eigenvalue weighted by Gasteiger charge is -2.30. The molecule has 0 radical (unpaired) electrons. The van der Waals surface area contributed by atoms with Gasteiger partial charge in [-0.25, -0.2) is 0 Å². The van der Waals surface area contributed by atoms with Crippen molar-refractivity contribution < 1.29 is 9.59 Å². The molecular weight excluding hydrogens is 643 g/mol. The van der Waals surface area contributed by atoms with Crippen molar-refractivity contribution in [1.82, 2.24) is 10.2 Å². The fourth-order valence-corrected chi connectivity index (χ4v) is 6.95. The number of carbonyl (C=O) groups is 2. The summed E-state index contributed by atoms with van der Waals surface area (Å²) in [7, 11) is 1.78. The van der Waals surface area contributed by atoms with Gasteiger partial charge in [-0.15, -0.1) is 0 Å². The zero-order valence-electron chi connectivity index (χ0n) is 31.8. The Kier molecular flexibility index (Phi) is 13.4. The van der Waals surface area contributed by atoms with Crippen LogP contribution in [0.5, 0.6) is 0 Å². The first-order valence-corrected chi connectivity index (χ1v) is 18.8. The van der Waals surface area contributed by atoms with Crippen molar-refractivity contribution in [3.8, 4) is 0 Å². The van der Waals surface area contributed by atoms with Crippen molar-refractivity contribution in [2.45, 2.75) is 79.8 Å². The number of hydrogen-bond acceptors (Lipinski definition) is 5. The van der Waals surface area contributed by atoms with Gasteiger partial charge in [-0.3, -0.25) is 14.6 Å². The Hall–Kier alpha value is -5.17. The average molecular weight is 698 g/mol. The normalized spacial score (nSPS) is 14.6. The van der Waals surface area contributed by atoms with Crippen molar-refractivity contribution in [2.75, 3.05) is 30.4 Å². The minimum Gasteiger partial charge on any atom is -0.356 e. The predicted molar refractivity (Wildman–Crippen MR) is 216 cm³/mol. The maximum Gasteiger partial charge on any atom is 0.268 e. The maximum atomic E-state index is 13.9. The predicted octanol–water partition coefficient (Wildman–Crippen LogP) is 9.38. The zero-order chi connectivity index (χ0) is 37.0. The van der Waals surface area contributed by atoms with Crippen LogP contribution in [-0.2, 0) is 29.1 Å². The van der Waals surface area contributed by atoms with E-state index in [0.717, 1.165) is 58.7 Å². The number of nitrogens with zero attached hydrogens (tertiary/aromatic N) is 3. The highest BCUT2D eigenvalue weighted by molar-refractivity contribution is 6.04. The number of aryl methyl sites for hydroxylation is 2. The Morgan fingerprint density at radius 2 is 1.54 bits per heavy atom. The second kappa shape index (κ2) is 18.4. The molecule has 7 heteroatoms. The summed E-state index contributed by atoms with van der Waals surface area (Å²) in [5.74, 6) is 0.131. The van der Waals surface area contributed by atoms with E-state index in [9.17, 15) is 9.59 Å². The lowest BCUT2D eigenvalue weighted by Crippen LogP contribution is -2.41. The van der Waals surface area contributed by atoms with Crippen LogP contribution in [0.3, 0.4) is 0 Å². The van der Waals surface area contributed by atoms with E-state index in [4.69, 9.17) is 4.99 Å². The quantitative estimate of drug-likeness (QED) is 0.121. The van der Waals surface area contributed by atoms with Crippen LogP contribution in [0.15, 0.2) is 113 Å². The van der Waals surface area contributed by atoms with Crippen molar-refractivity contribution in [3.63, 3.8) is 0 Å². The molecule has 2 N–H and O–H groups in total. The maximum absolute atomic E-state index is 13.9. The highest BCUT2D eigenvalue weighted by Gasteiger charge is 2.24. The van der Waals surface area contributed by atoms with E-state index in [-0.39, 0.29) is 18.4 Å². The van der Waals surface area contributed by atoms with E-state index in [1.165, 1.54) is 29.7 Å². The zero-order valence-corrected chi connectivity index (χ0v) is 31.8. The van der Waals surface area contributed by atoms with E-state index in [0.29, 0.717) is 31.1 Å². The molecule has 1 aliphatic heterocycles. The Balaban J connectivity index is 1.21. The monoisotopic (exact) mass is 697 g/mol. The molecule has 1 heterocycles. The molecule has 0 aliphatic carbocycles. The molecule has 52 heavy (non-hydrogen) atoms. The molecule has 0 aromatic heterocycles. The largest absolute Gasteiger partial charge is 0.356 e. The number of carbonyl (C=O) groups excluding carboxylic acids is 2. The molecule has 2 amide bonds. The Morgan fingerprint density at radius 3 is 2.23 bits per heavy atom. The van der Waals surface area contributed by atoms with Gasteiger partial charge < -0.3 is 20.4 Å². The molecule has 0 fully saturated rings. The van der Waals surface area contributed by atoms with Crippen molar-refractivity contribution in [2.24, 2.45) is 10.9 Å². The topological polar surface area (TPSA) is 77.0 Å². The fourth-order valence-electron chi connectivity index (χ4n) is 6.95. The fraction of sp³-hybridized carbons (Fsp3) is 0.356. The Labute approximate surface area is 310 Å². The van der Waals surface area contributed by atoms with Gasteiger partial charge in [0.05, 0.1) is 6.54 Å². The number of benzene rings is 4. The molecule has 1 aliphatic rings. The van der Waals surface area contributed by atoms with Gasteiger partial charge in [0, 0.05) is 55.4 Å². The van der Waals surface area contributed by atoms with Gasteiger partial charge in [-0.05, 0) is 110 Å². The van der Waals surface area contributed by atoms with E-state index in [1.807, 2.05) is 74.5 Å². The molecule has 4 aromatic carbocycles. The summed E-state index contributed by atoms with van der Waals surface area (Å²) < 4.78 is 0. The number of allylic oxidation sites excluding steroid dienone is 1. The van der Waals surface area contributed by atoms with Crippen molar-refractivity contribution >= 4 is 34.6 Å². The highest BCUT2D eigenvalue weighted by Crippen LogP contribution is 2.30. The molecule has 0 spiro atoms. The third kappa shape index (κ3) is 9.58. The van der Waals surface area contributed by atoms with Gasteiger partial charge in [-0.1, -0.05) is 87.5 Å². The lowest BCUT2D eigenvalue weighted by molar-refractivity contribution is -0.131. The van der Waals surface area contributed by atoms with Crippen LogP contribution in [0.25, 0.3) is 0 Å². The molecule has 1 unspecified atom stereocenters.